The normalized spacial score (nSPS) is 10.7. The third kappa shape index (κ3) is 4.57. The Morgan fingerprint density at radius 1 is 1.15 bits per heavy atom. The minimum Gasteiger partial charge on any atom is -0.441 e. The summed E-state index contributed by atoms with van der Waals surface area (Å²) in [6.07, 6.45) is 2.31. The van der Waals surface area contributed by atoms with E-state index in [-0.39, 0.29) is 11.7 Å². The van der Waals surface area contributed by atoms with Crippen LogP contribution in [0.25, 0.3) is 11.3 Å². The van der Waals surface area contributed by atoms with E-state index in [4.69, 9.17) is 4.42 Å². The van der Waals surface area contributed by atoms with Gasteiger partial charge in [0.1, 0.15) is 5.82 Å². The standard InChI is InChI=1S/C21H21FN2O2/c1-14-3-4-17(15(2)11-14)12-23-20(25)9-10-21-24-13-19(26-21)16-5-7-18(22)8-6-16/h3-8,11,13H,9-10,12H2,1-2H3,(H,23,25). The molecule has 0 radical (unpaired) electrons. The number of halogens is 1. The molecular formula is C21H21FN2O2. The van der Waals surface area contributed by atoms with E-state index in [2.05, 4.69) is 16.4 Å². The van der Waals surface area contributed by atoms with Crippen LogP contribution >= 0.6 is 0 Å². The maximum Gasteiger partial charge on any atom is 0.220 e. The lowest BCUT2D eigenvalue weighted by molar-refractivity contribution is -0.121. The second-order valence-corrected chi connectivity index (χ2v) is 6.33. The predicted molar refractivity (Wildman–Crippen MR) is 98.0 cm³/mol. The fourth-order valence-corrected chi connectivity index (χ4v) is 2.72. The smallest absolute Gasteiger partial charge is 0.220 e. The maximum absolute atomic E-state index is 13.0. The van der Waals surface area contributed by atoms with Crippen LogP contribution in [0.2, 0.25) is 0 Å². The highest BCUT2D eigenvalue weighted by atomic mass is 19.1. The van der Waals surface area contributed by atoms with Crippen molar-refractivity contribution in [3.8, 4) is 11.3 Å². The number of aryl methyl sites for hydroxylation is 3. The zero-order chi connectivity index (χ0) is 18.5. The summed E-state index contributed by atoms with van der Waals surface area (Å²) in [6, 6.07) is 12.2. The summed E-state index contributed by atoms with van der Waals surface area (Å²) in [5.41, 5.74) is 4.24. The van der Waals surface area contributed by atoms with Gasteiger partial charge in [0.05, 0.1) is 6.20 Å². The molecule has 26 heavy (non-hydrogen) atoms. The van der Waals surface area contributed by atoms with Gasteiger partial charge in [-0.15, -0.1) is 0 Å². The Bertz CT molecular complexity index is 901. The van der Waals surface area contributed by atoms with Crippen LogP contribution in [0, 0.1) is 19.7 Å². The first kappa shape index (κ1) is 17.9. The van der Waals surface area contributed by atoms with Crippen molar-refractivity contribution in [3.05, 3.63) is 77.1 Å². The lowest BCUT2D eigenvalue weighted by Gasteiger charge is -2.08. The largest absolute Gasteiger partial charge is 0.441 e. The number of carbonyl (C=O) groups excluding carboxylic acids is 1. The molecule has 3 rings (SSSR count). The average molecular weight is 352 g/mol. The van der Waals surface area contributed by atoms with Crippen LogP contribution in [0.4, 0.5) is 4.39 Å². The molecule has 0 atom stereocenters. The molecule has 0 spiro atoms. The van der Waals surface area contributed by atoms with E-state index in [1.54, 1.807) is 18.3 Å². The molecule has 0 unspecified atom stereocenters. The van der Waals surface area contributed by atoms with E-state index in [9.17, 15) is 9.18 Å². The molecule has 3 aromatic rings. The zero-order valence-electron chi connectivity index (χ0n) is 14.9. The monoisotopic (exact) mass is 352 g/mol. The Balaban J connectivity index is 1.51. The van der Waals surface area contributed by atoms with Gasteiger partial charge >= 0.3 is 0 Å². The Hall–Kier alpha value is -2.95. The van der Waals surface area contributed by atoms with Gasteiger partial charge in [-0.25, -0.2) is 9.37 Å². The van der Waals surface area contributed by atoms with E-state index in [1.165, 1.54) is 23.3 Å². The molecule has 0 saturated heterocycles. The van der Waals surface area contributed by atoms with Gasteiger partial charge in [-0.3, -0.25) is 4.79 Å². The number of benzene rings is 2. The summed E-state index contributed by atoms with van der Waals surface area (Å²) < 4.78 is 18.6. The number of oxazole rings is 1. The predicted octanol–water partition coefficient (Wildman–Crippen LogP) is 4.35. The van der Waals surface area contributed by atoms with Gasteiger partial charge in [0.25, 0.3) is 0 Å². The number of rotatable bonds is 6. The van der Waals surface area contributed by atoms with Crippen molar-refractivity contribution in [2.24, 2.45) is 0 Å². The highest BCUT2D eigenvalue weighted by molar-refractivity contribution is 5.76. The van der Waals surface area contributed by atoms with Crippen molar-refractivity contribution in [2.75, 3.05) is 0 Å². The molecule has 2 aromatic carbocycles. The van der Waals surface area contributed by atoms with Crippen LogP contribution < -0.4 is 5.32 Å². The van der Waals surface area contributed by atoms with Gasteiger partial charge in [-0.1, -0.05) is 23.8 Å². The topological polar surface area (TPSA) is 55.1 Å². The summed E-state index contributed by atoms with van der Waals surface area (Å²) in [5, 5.41) is 2.92. The summed E-state index contributed by atoms with van der Waals surface area (Å²) in [6.45, 7) is 4.60. The third-order valence-electron chi connectivity index (χ3n) is 4.22. The highest BCUT2D eigenvalue weighted by Gasteiger charge is 2.09. The summed E-state index contributed by atoms with van der Waals surface area (Å²) in [7, 11) is 0. The number of nitrogens with one attached hydrogen (secondary N) is 1. The van der Waals surface area contributed by atoms with Crippen LogP contribution in [0.3, 0.4) is 0 Å². The minimum atomic E-state index is -0.297. The Labute approximate surface area is 152 Å². The molecule has 0 bridgehead atoms. The molecule has 0 fully saturated rings. The molecule has 0 aliphatic carbocycles. The van der Waals surface area contributed by atoms with Crippen LogP contribution in [0.5, 0.6) is 0 Å². The Morgan fingerprint density at radius 2 is 1.92 bits per heavy atom. The van der Waals surface area contributed by atoms with Gasteiger partial charge in [0.2, 0.25) is 5.91 Å². The summed E-state index contributed by atoms with van der Waals surface area (Å²) in [5.74, 6) is 0.710. The third-order valence-corrected chi connectivity index (χ3v) is 4.22. The van der Waals surface area contributed by atoms with E-state index < -0.39 is 0 Å². The zero-order valence-corrected chi connectivity index (χ0v) is 14.9. The molecule has 1 aromatic heterocycles. The summed E-state index contributed by atoms with van der Waals surface area (Å²) in [4.78, 5) is 16.2. The second-order valence-electron chi connectivity index (χ2n) is 6.33. The fraction of sp³-hybridized carbons (Fsp3) is 0.238. The van der Waals surface area contributed by atoms with E-state index in [0.717, 1.165) is 11.1 Å². The van der Waals surface area contributed by atoms with Gasteiger partial charge < -0.3 is 9.73 Å². The first-order valence-corrected chi connectivity index (χ1v) is 8.55. The fourth-order valence-electron chi connectivity index (χ4n) is 2.72. The molecule has 1 amide bonds. The lowest BCUT2D eigenvalue weighted by Crippen LogP contribution is -2.23. The molecule has 1 N–H and O–H groups in total. The van der Waals surface area contributed by atoms with Crippen molar-refractivity contribution >= 4 is 5.91 Å². The van der Waals surface area contributed by atoms with Crippen LogP contribution in [0.15, 0.2) is 53.1 Å². The van der Waals surface area contributed by atoms with Crippen LogP contribution in [0.1, 0.15) is 29.0 Å². The molecular weight excluding hydrogens is 331 g/mol. The molecule has 1 heterocycles. The number of hydrogen-bond acceptors (Lipinski definition) is 3. The van der Waals surface area contributed by atoms with Crippen LogP contribution in [-0.4, -0.2) is 10.9 Å². The van der Waals surface area contributed by atoms with E-state index >= 15 is 0 Å². The van der Waals surface area contributed by atoms with Crippen molar-refractivity contribution in [2.45, 2.75) is 33.2 Å². The minimum absolute atomic E-state index is 0.0495. The lowest BCUT2D eigenvalue weighted by atomic mass is 10.1. The first-order chi connectivity index (χ1) is 12.5. The van der Waals surface area contributed by atoms with Crippen molar-refractivity contribution in [1.82, 2.24) is 10.3 Å². The molecule has 5 heteroatoms. The molecule has 0 saturated carbocycles. The second kappa shape index (κ2) is 7.95. The van der Waals surface area contributed by atoms with Crippen molar-refractivity contribution in [1.29, 1.82) is 0 Å². The quantitative estimate of drug-likeness (QED) is 0.718. The number of aromatic nitrogens is 1. The maximum atomic E-state index is 13.0. The van der Waals surface area contributed by atoms with Crippen molar-refractivity contribution in [3.63, 3.8) is 0 Å². The number of amides is 1. The first-order valence-electron chi connectivity index (χ1n) is 8.55. The SMILES string of the molecule is Cc1ccc(CNC(=O)CCc2ncc(-c3ccc(F)cc3)o2)c(C)c1. The van der Waals surface area contributed by atoms with E-state index in [0.29, 0.717) is 31.0 Å². The van der Waals surface area contributed by atoms with Gasteiger partial charge in [-0.2, -0.15) is 0 Å². The Kier molecular flexibility index (Phi) is 5.46. The van der Waals surface area contributed by atoms with E-state index in [1.807, 2.05) is 26.0 Å². The molecule has 4 nitrogen and oxygen atoms in total. The Morgan fingerprint density at radius 3 is 2.65 bits per heavy atom. The number of carbonyl (C=O) groups is 1. The average Bonchev–Trinajstić information content (AvgIpc) is 3.09. The highest BCUT2D eigenvalue weighted by Crippen LogP contribution is 2.21. The summed E-state index contributed by atoms with van der Waals surface area (Å²) >= 11 is 0. The van der Waals surface area contributed by atoms with Crippen LogP contribution in [-0.2, 0) is 17.8 Å². The van der Waals surface area contributed by atoms with Gasteiger partial charge in [0.15, 0.2) is 11.7 Å². The molecule has 0 aliphatic rings. The van der Waals surface area contributed by atoms with Gasteiger partial charge in [-0.05, 0) is 49.2 Å². The number of nitrogens with zero attached hydrogens (tertiary/aromatic N) is 1. The van der Waals surface area contributed by atoms with Crippen molar-refractivity contribution < 1.29 is 13.6 Å². The van der Waals surface area contributed by atoms with Gasteiger partial charge in [0, 0.05) is 24.9 Å². The molecule has 0 aliphatic heterocycles. The molecule has 134 valence electrons. The number of hydrogen-bond donors (Lipinski definition) is 1.